The highest BCUT2D eigenvalue weighted by molar-refractivity contribution is 5.58. The quantitative estimate of drug-likeness (QED) is 0.867. The van der Waals surface area contributed by atoms with Gasteiger partial charge in [0.15, 0.2) is 0 Å². The van der Waals surface area contributed by atoms with Gasteiger partial charge in [0.05, 0.1) is 24.4 Å². The number of aromatic nitrogens is 4. The maximum atomic E-state index is 13.0. The first kappa shape index (κ1) is 14.5. The molecule has 0 spiro atoms. The normalized spacial score (nSPS) is 20.5. The lowest BCUT2D eigenvalue weighted by Gasteiger charge is -2.28. The van der Waals surface area contributed by atoms with Gasteiger partial charge in [-0.05, 0) is 12.5 Å². The minimum Gasteiger partial charge on any atom is -0.370 e. The lowest BCUT2D eigenvalue weighted by molar-refractivity contribution is -0.147. The summed E-state index contributed by atoms with van der Waals surface area (Å²) >= 11 is 0. The van der Waals surface area contributed by atoms with Crippen LogP contribution in [0.25, 0.3) is 11.3 Å². The second-order valence-electron chi connectivity index (χ2n) is 5.23. The van der Waals surface area contributed by atoms with E-state index >= 15 is 0 Å². The van der Waals surface area contributed by atoms with Gasteiger partial charge in [0.25, 0.3) is 5.92 Å². The first-order valence-electron chi connectivity index (χ1n) is 6.81. The van der Waals surface area contributed by atoms with Crippen LogP contribution >= 0.6 is 0 Å². The van der Waals surface area contributed by atoms with Crippen LogP contribution in [-0.4, -0.2) is 38.6 Å². The Bertz CT molecular complexity index is 699. The molecule has 1 fully saturated rings. The van der Waals surface area contributed by atoms with Gasteiger partial charge in [-0.2, -0.15) is 5.26 Å². The van der Waals surface area contributed by atoms with Crippen molar-refractivity contribution >= 4 is 0 Å². The molecule has 0 bridgehead atoms. The third kappa shape index (κ3) is 3.26. The monoisotopic (exact) mass is 305 g/mol. The summed E-state index contributed by atoms with van der Waals surface area (Å²) in [6, 6.07) is 3.67. The molecule has 3 rings (SSSR count). The van der Waals surface area contributed by atoms with Crippen LogP contribution in [0.2, 0.25) is 0 Å². The molecule has 1 aliphatic rings. The van der Waals surface area contributed by atoms with Crippen molar-refractivity contribution in [3.63, 3.8) is 0 Å². The lowest BCUT2D eigenvalue weighted by atomic mass is 10.1. The molecule has 1 saturated heterocycles. The van der Waals surface area contributed by atoms with E-state index in [0.29, 0.717) is 23.4 Å². The summed E-state index contributed by atoms with van der Waals surface area (Å²) in [6.45, 7) is -0.179. The molecular formula is C14H13F2N5O. The number of ether oxygens (including phenoxy) is 1. The molecule has 0 saturated carbocycles. The number of halogens is 2. The van der Waals surface area contributed by atoms with E-state index in [9.17, 15) is 8.78 Å². The Morgan fingerprint density at radius 2 is 2.32 bits per heavy atom. The number of alkyl halides is 2. The Hall–Kier alpha value is -2.40. The molecule has 8 heteroatoms. The van der Waals surface area contributed by atoms with Gasteiger partial charge in [-0.15, -0.1) is 5.10 Å². The number of pyridine rings is 1. The molecule has 2 aromatic rings. The summed E-state index contributed by atoms with van der Waals surface area (Å²) in [5.41, 5.74) is 1.69. The molecule has 1 atom stereocenters. The largest absolute Gasteiger partial charge is 0.370 e. The van der Waals surface area contributed by atoms with Crippen LogP contribution in [0.15, 0.2) is 24.7 Å². The summed E-state index contributed by atoms with van der Waals surface area (Å²) in [5.74, 6) is -2.73. The fraction of sp³-hybridized carbons (Fsp3) is 0.429. The van der Waals surface area contributed by atoms with Crippen molar-refractivity contribution in [3.8, 4) is 17.3 Å². The highest BCUT2D eigenvalue weighted by Crippen LogP contribution is 2.28. The fourth-order valence-corrected chi connectivity index (χ4v) is 2.28. The highest BCUT2D eigenvalue weighted by Gasteiger charge is 2.36. The zero-order valence-corrected chi connectivity index (χ0v) is 11.6. The van der Waals surface area contributed by atoms with Crippen LogP contribution in [0.1, 0.15) is 18.4 Å². The van der Waals surface area contributed by atoms with E-state index in [0.717, 1.165) is 0 Å². The standard InChI is InChI=1S/C14H13F2N5O/c15-14(16)2-1-12(22-9-14)7-21-8-13(19-20-21)11-3-10(4-17)5-18-6-11/h3,5-6,8,12H,1-2,7,9H2. The van der Waals surface area contributed by atoms with E-state index < -0.39 is 12.5 Å². The van der Waals surface area contributed by atoms with Gasteiger partial charge in [-0.1, -0.05) is 5.21 Å². The van der Waals surface area contributed by atoms with E-state index in [1.807, 2.05) is 6.07 Å². The van der Waals surface area contributed by atoms with Crippen LogP contribution in [0.5, 0.6) is 0 Å². The van der Waals surface area contributed by atoms with E-state index in [4.69, 9.17) is 10.00 Å². The zero-order valence-electron chi connectivity index (χ0n) is 11.6. The first-order chi connectivity index (χ1) is 10.6. The van der Waals surface area contributed by atoms with E-state index in [1.54, 1.807) is 23.1 Å². The number of nitrogens with zero attached hydrogens (tertiary/aromatic N) is 5. The van der Waals surface area contributed by atoms with Crippen molar-refractivity contribution in [1.29, 1.82) is 5.26 Å². The summed E-state index contributed by atoms with van der Waals surface area (Å²) in [6.07, 6.45) is 4.56. The molecule has 22 heavy (non-hydrogen) atoms. The SMILES string of the molecule is N#Cc1cncc(-c2cn(CC3CCC(F)(F)CO3)nn2)c1. The van der Waals surface area contributed by atoms with Crippen LogP contribution in [0.4, 0.5) is 8.78 Å². The highest BCUT2D eigenvalue weighted by atomic mass is 19.3. The number of hydrogen-bond acceptors (Lipinski definition) is 5. The third-order valence-corrected chi connectivity index (χ3v) is 3.45. The van der Waals surface area contributed by atoms with Gasteiger partial charge >= 0.3 is 0 Å². The zero-order chi connectivity index (χ0) is 15.6. The Labute approximate surface area is 125 Å². The van der Waals surface area contributed by atoms with Crippen molar-refractivity contribution in [2.75, 3.05) is 6.61 Å². The molecule has 0 aliphatic carbocycles. The number of rotatable bonds is 3. The average molecular weight is 305 g/mol. The second kappa shape index (κ2) is 5.77. The summed E-state index contributed by atoms with van der Waals surface area (Å²) < 4.78 is 32.8. The Kier molecular flexibility index (Phi) is 3.81. The fourth-order valence-electron chi connectivity index (χ4n) is 2.28. The summed E-state index contributed by atoms with van der Waals surface area (Å²) in [5, 5.41) is 16.8. The van der Waals surface area contributed by atoms with Crippen molar-refractivity contribution in [3.05, 3.63) is 30.2 Å². The minimum absolute atomic E-state index is 0.173. The molecule has 0 aromatic carbocycles. The van der Waals surface area contributed by atoms with E-state index in [2.05, 4.69) is 15.3 Å². The van der Waals surface area contributed by atoms with Crippen LogP contribution in [-0.2, 0) is 11.3 Å². The summed E-state index contributed by atoms with van der Waals surface area (Å²) in [7, 11) is 0. The molecule has 0 radical (unpaired) electrons. The van der Waals surface area contributed by atoms with Crippen molar-refractivity contribution in [1.82, 2.24) is 20.0 Å². The Balaban J connectivity index is 1.68. The topological polar surface area (TPSA) is 76.6 Å². The van der Waals surface area contributed by atoms with Gasteiger partial charge in [0.1, 0.15) is 18.4 Å². The Morgan fingerprint density at radius 3 is 3.05 bits per heavy atom. The maximum Gasteiger partial charge on any atom is 0.271 e. The molecule has 6 nitrogen and oxygen atoms in total. The molecule has 1 unspecified atom stereocenters. The molecular weight excluding hydrogens is 292 g/mol. The number of hydrogen-bond donors (Lipinski definition) is 0. The first-order valence-corrected chi connectivity index (χ1v) is 6.81. The smallest absolute Gasteiger partial charge is 0.271 e. The third-order valence-electron chi connectivity index (χ3n) is 3.45. The number of nitriles is 1. The maximum absolute atomic E-state index is 13.0. The van der Waals surface area contributed by atoms with Crippen molar-refractivity contribution < 1.29 is 13.5 Å². The van der Waals surface area contributed by atoms with Crippen molar-refractivity contribution in [2.24, 2.45) is 0 Å². The van der Waals surface area contributed by atoms with Gasteiger partial charge in [0, 0.05) is 24.4 Å². The van der Waals surface area contributed by atoms with Crippen LogP contribution in [0, 0.1) is 11.3 Å². The van der Waals surface area contributed by atoms with Crippen LogP contribution < -0.4 is 0 Å². The lowest BCUT2D eigenvalue weighted by Crippen LogP contribution is -2.36. The molecule has 3 heterocycles. The van der Waals surface area contributed by atoms with E-state index in [1.165, 1.54) is 6.20 Å². The molecule has 1 aliphatic heterocycles. The predicted octanol–water partition coefficient (Wildman–Crippen LogP) is 2.03. The molecule has 2 aromatic heterocycles. The van der Waals surface area contributed by atoms with E-state index in [-0.39, 0.29) is 18.9 Å². The van der Waals surface area contributed by atoms with Crippen molar-refractivity contribution in [2.45, 2.75) is 31.4 Å². The van der Waals surface area contributed by atoms with Gasteiger partial charge in [0.2, 0.25) is 0 Å². The molecule has 114 valence electrons. The van der Waals surface area contributed by atoms with Gasteiger partial charge in [-0.25, -0.2) is 13.5 Å². The molecule has 0 N–H and O–H groups in total. The summed E-state index contributed by atoms with van der Waals surface area (Å²) in [4.78, 5) is 3.97. The minimum atomic E-state index is -2.73. The van der Waals surface area contributed by atoms with Gasteiger partial charge in [-0.3, -0.25) is 4.98 Å². The predicted molar refractivity (Wildman–Crippen MR) is 71.9 cm³/mol. The second-order valence-corrected chi connectivity index (χ2v) is 5.23. The van der Waals surface area contributed by atoms with Crippen LogP contribution in [0.3, 0.4) is 0 Å². The van der Waals surface area contributed by atoms with Gasteiger partial charge < -0.3 is 4.74 Å². The Morgan fingerprint density at radius 1 is 1.45 bits per heavy atom. The average Bonchev–Trinajstić information content (AvgIpc) is 2.98. The molecule has 0 amide bonds.